The average molecular weight is 484 g/mol. The molecule has 4 rings (SSSR count). The van der Waals surface area contributed by atoms with Gasteiger partial charge in [-0.2, -0.15) is 0 Å². The largest absolute Gasteiger partial charge is 0.497 e. The van der Waals surface area contributed by atoms with Gasteiger partial charge in [-0.15, -0.1) is 0 Å². The van der Waals surface area contributed by atoms with E-state index in [-0.39, 0.29) is 5.91 Å². The molecule has 30 heavy (non-hydrogen) atoms. The number of carbonyl (C=O) groups excluding carboxylic acids is 1. The molecule has 152 valence electrons. The zero-order chi connectivity index (χ0) is 21.3. The van der Waals surface area contributed by atoms with Gasteiger partial charge >= 0.3 is 0 Å². The quantitative estimate of drug-likeness (QED) is 0.489. The monoisotopic (exact) mass is 482 g/mol. The summed E-state index contributed by atoms with van der Waals surface area (Å²) in [5.74, 6) is 0.709. The molecule has 1 unspecified atom stereocenters. The van der Waals surface area contributed by atoms with Crippen molar-refractivity contribution in [2.45, 2.75) is 12.5 Å². The van der Waals surface area contributed by atoms with Gasteiger partial charge in [0, 0.05) is 34.1 Å². The van der Waals surface area contributed by atoms with Gasteiger partial charge in [0.05, 0.1) is 18.5 Å². The molecule has 0 fully saturated rings. The topological polar surface area (TPSA) is 41.9 Å². The number of anilines is 1. The molecule has 0 radical (unpaired) electrons. The number of methoxy groups -OCH3 is 1. The van der Waals surface area contributed by atoms with Crippen molar-refractivity contribution in [1.29, 1.82) is 0 Å². The molecule has 3 aromatic carbocycles. The van der Waals surface area contributed by atoms with Crippen molar-refractivity contribution in [3.63, 3.8) is 0 Å². The Morgan fingerprint density at radius 3 is 2.57 bits per heavy atom. The minimum Gasteiger partial charge on any atom is -0.497 e. The van der Waals surface area contributed by atoms with Crippen molar-refractivity contribution in [3.05, 3.63) is 92.9 Å². The number of rotatable bonds is 4. The molecule has 1 aliphatic rings. The van der Waals surface area contributed by atoms with Crippen LogP contribution in [0.1, 0.15) is 16.7 Å². The van der Waals surface area contributed by atoms with E-state index in [0.717, 1.165) is 38.3 Å². The highest BCUT2D eigenvalue weighted by Crippen LogP contribution is 2.31. The highest BCUT2D eigenvalue weighted by Gasteiger charge is 2.30. The first kappa shape index (κ1) is 20.6. The lowest BCUT2D eigenvalue weighted by Gasteiger charge is -2.20. The van der Waals surface area contributed by atoms with Crippen LogP contribution in [0.5, 0.6) is 5.75 Å². The van der Waals surface area contributed by atoms with Crippen LogP contribution in [0.3, 0.4) is 0 Å². The summed E-state index contributed by atoms with van der Waals surface area (Å²) in [6, 6.07) is 20.6. The Hall–Kier alpha value is -2.63. The van der Waals surface area contributed by atoms with E-state index >= 15 is 0 Å². The molecule has 0 aliphatic carbocycles. The van der Waals surface area contributed by atoms with Crippen LogP contribution >= 0.6 is 27.5 Å². The summed E-state index contributed by atoms with van der Waals surface area (Å²) >= 11 is 9.82. The number of hydrogen-bond donors (Lipinski definition) is 0. The lowest BCUT2D eigenvalue weighted by Crippen LogP contribution is -2.36. The molecule has 4 nitrogen and oxygen atoms in total. The normalized spacial score (nSPS) is 16.0. The van der Waals surface area contributed by atoms with Crippen LogP contribution in [0.25, 0.3) is 0 Å². The Kier molecular flexibility index (Phi) is 5.93. The van der Waals surface area contributed by atoms with Crippen LogP contribution in [-0.2, 0) is 11.2 Å². The molecule has 0 saturated carbocycles. The first-order valence-electron chi connectivity index (χ1n) is 9.50. The molecule has 0 N–H and O–H groups in total. The van der Waals surface area contributed by atoms with Crippen molar-refractivity contribution >= 4 is 44.8 Å². The molecule has 1 aliphatic heterocycles. The second-order valence-corrected chi connectivity index (χ2v) is 8.47. The number of halogens is 2. The first-order chi connectivity index (χ1) is 14.5. The second kappa shape index (κ2) is 8.62. The van der Waals surface area contributed by atoms with E-state index in [1.807, 2.05) is 60.7 Å². The third-order valence-electron chi connectivity index (χ3n) is 5.16. The molecule has 0 saturated heterocycles. The molecular weight excluding hydrogens is 464 g/mol. The summed E-state index contributed by atoms with van der Waals surface area (Å²) < 4.78 is 6.26. The molecule has 0 aromatic heterocycles. The Bertz CT molecular complexity index is 1130. The highest BCUT2D eigenvalue weighted by atomic mass is 79.9. The standard InChI is InChI=1S/C24H20BrClN2O2/c1-28-22-11-8-18(26)14-20(22)23(16-6-9-19(30-2)10-7-16)27-21(24(28)29)13-15-4-3-5-17(25)12-15/h3-12,14,21H,13H2,1-2H3. The zero-order valence-electron chi connectivity index (χ0n) is 16.6. The maximum absolute atomic E-state index is 13.3. The van der Waals surface area contributed by atoms with E-state index in [4.69, 9.17) is 21.3 Å². The van der Waals surface area contributed by atoms with Crippen LogP contribution in [0.4, 0.5) is 5.69 Å². The number of hydrogen-bond acceptors (Lipinski definition) is 3. The molecular formula is C24H20BrClN2O2. The molecule has 1 amide bonds. The molecule has 1 heterocycles. The summed E-state index contributed by atoms with van der Waals surface area (Å²) in [5, 5.41) is 0.598. The Morgan fingerprint density at radius 1 is 1.10 bits per heavy atom. The highest BCUT2D eigenvalue weighted by molar-refractivity contribution is 9.10. The van der Waals surface area contributed by atoms with Gasteiger partial charge in [-0.25, -0.2) is 0 Å². The van der Waals surface area contributed by atoms with Gasteiger partial charge in [0.15, 0.2) is 0 Å². The second-order valence-electron chi connectivity index (χ2n) is 7.11. The molecule has 1 atom stereocenters. The number of carbonyl (C=O) groups is 1. The third kappa shape index (κ3) is 4.13. The van der Waals surface area contributed by atoms with Gasteiger partial charge < -0.3 is 9.64 Å². The van der Waals surface area contributed by atoms with E-state index in [9.17, 15) is 4.79 Å². The number of nitrogens with zero attached hydrogens (tertiary/aromatic N) is 2. The fourth-order valence-corrected chi connectivity index (χ4v) is 4.23. The van der Waals surface area contributed by atoms with Gasteiger partial charge in [0.2, 0.25) is 0 Å². The summed E-state index contributed by atoms with van der Waals surface area (Å²) in [4.78, 5) is 19.9. The lowest BCUT2D eigenvalue weighted by atomic mass is 10.00. The number of likely N-dealkylation sites (N-methyl/N-ethyl adjacent to an activating group) is 1. The van der Waals surface area contributed by atoms with Crippen molar-refractivity contribution in [3.8, 4) is 5.75 Å². The third-order valence-corrected chi connectivity index (χ3v) is 5.89. The van der Waals surface area contributed by atoms with Crippen LogP contribution in [0.2, 0.25) is 5.02 Å². The summed E-state index contributed by atoms with van der Waals surface area (Å²) in [7, 11) is 3.42. The fourth-order valence-electron chi connectivity index (χ4n) is 3.61. The average Bonchev–Trinajstić information content (AvgIpc) is 2.84. The van der Waals surface area contributed by atoms with E-state index in [1.54, 1.807) is 25.1 Å². The first-order valence-corrected chi connectivity index (χ1v) is 10.7. The number of ether oxygens (including phenoxy) is 1. The predicted molar refractivity (Wildman–Crippen MR) is 125 cm³/mol. The van der Waals surface area contributed by atoms with Gasteiger partial charge in [-0.1, -0.05) is 39.7 Å². The summed E-state index contributed by atoms with van der Waals surface area (Å²) in [6.07, 6.45) is 0.504. The number of benzodiazepines with no additional fused rings is 1. The maximum atomic E-state index is 13.3. The maximum Gasteiger partial charge on any atom is 0.251 e. The van der Waals surface area contributed by atoms with Crippen LogP contribution < -0.4 is 9.64 Å². The minimum absolute atomic E-state index is 0.0536. The van der Waals surface area contributed by atoms with E-state index in [2.05, 4.69) is 15.9 Å². The fraction of sp³-hybridized carbons (Fsp3) is 0.167. The number of aliphatic imine (C=N–C) groups is 1. The van der Waals surface area contributed by atoms with Gasteiger partial charge in [-0.3, -0.25) is 9.79 Å². The number of benzene rings is 3. The van der Waals surface area contributed by atoms with Gasteiger partial charge in [0.25, 0.3) is 5.91 Å². The minimum atomic E-state index is -0.549. The number of fused-ring (bicyclic) bond motifs is 1. The SMILES string of the molecule is COc1ccc(C2=NC(Cc3cccc(Br)c3)C(=O)N(C)c3ccc(Cl)cc32)cc1. The van der Waals surface area contributed by atoms with Crippen LogP contribution in [0, 0.1) is 0 Å². The lowest BCUT2D eigenvalue weighted by molar-refractivity contribution is -0.119. The van der Waals surface area contributed by atoms with Crippen molar-refractivity contribution in [2.24, 2.45) is 4.99 Å². The molecule has 0 spiro atoms. The predicted octanol–water partition coefficient (Wildman–Crippen LogP) is 5.54. The Labute approximate surface area is 189 Å². The van der Waals surface area contributed by atoms with Crippen molar-refractivity contribution < 1.29 is 9.53 Å². The van der Waals surface area contributed by atoms with E-state index in [1.165, 1.54) is 0 Å². The summed E-state index contributed by atoms with van der Waals surface area (Å²) in [6.45, 7) is 0. The van der Waals surface area contributed by atoms with Crippen LogP contribution in [0.15, 0.2) is 76.2 Å². The van der Waals surface area contributed by atoms with Crippen LogP contribution in [-0.4, -0.2) is 31.8 Å². The summed E-state index contributed by atoms with van der Waals surface area (Å²) in [5.41, 5.74) is 4.31. The number of amides is 1. The molecule has 6 heteroatoms. The zero-order valence-corrected chi connectivity index (χ0v) is 18.9. The van der Waals surface area contributed by atoms with Gasteiger partial charge in [-0.05, 0) is 60.2 Å². The Morgan fingerprint density at radius 2 is 1.87 bits per heavy atom. The smallest absolute Gasteiger partial charge is 0.251 e. The van der Waals surface area contributed by atoms with Crippen molar-refractivity contribution in [2.75, 3.05) is 19.1 Å². The van der Waals surface area contributed by atoms with Crippen molar-refractivity contribution in [1.82, 2.24) is 0 Å². The van der Waals surface area contributed by atoms with E-state index < -0.39 is 6.04 Å². The Balaban J connectivity index is 1.85. The molecule has 3 aromatic rings. The van der Waals surface area contributed by atoms with E-state index in [0.29, 0.717) is 11.4 Å². The van der Waals surface area contributed by atoms with Gasteiger partial charge in [0.1, 0.15) is 11.8 Å². The molecule has 0 bridgehead atoms.